The minimum Gasteiger partial charge on any atom is -1.00 e. The molecule has 0 spiro atoms. The molecule has 0 fully saturated rings. The van der Waals surface area contributed by atoms with Gasteiger partial charge in [0.05, 0.1) is 0 Å². The molecule has 0 amide bonds. The predicted octanol–water partition coefficient (Wildman–Crippen LogP) is 0.651. The summed E-state index contributed by atoms with van der Waals surface area (Å²) in [6, 6.07) is 0. The second kappa shape index (κ2) is 8.16. The van der Waals surface area contributed by atoms with Crippen LogP contribution in [0.1, 0.15) is 28.1 Å². The Labute approximate surface area is 131 Å². The molecule has 0 nitrogen and oxygen atoms in total. The van der Waals surface area contributed by atoms with Crippen molar-refractivity contribution in [3.8, 4) is 0 Å². The first kappa shape index (κ1) is 16.0. The zero-order valence-corrected chi connectivity index (χ0v) is 14.8. The van der Waals surface area contributed by atoms with E-state index in [9.17, 15) is 0 Å². The SMILES string of the molecule is CC1=[C]([Zr+])CC=C1.CC1=[C]([Zr+])CC=C1.[Cl-].[H-]. The van der Waals surface area contributed by atoms with Crippen molar-refractivity contribution in [2.75, 3.05) is 0 Å². The van der Waals surface area contributed by atoms with Gasteiger partial charge in [-0.3, -0.25) is 0 Å². The average molecular weight is 377 g/mol. The molecule has 0 N–H and O–H groups in total. The maximum atomic E-state index is 2.22. The van der Waals surface area contributed by atoms with E-state index < -0.39 is 0 Å². The van der Waals surface area contributed by atoms with E-state index in [0.717, 1.165) is 0 Å². The number of rotatable bonds is 0. The van der Waals surface area contributed by atoms with Gasteiger partial charge in [0.25, 0.3) is 0 Å². The molecule has 0 atom stereocenters. The molecule has 0 aromatic carbocycles. The topological polar surface area (TPSA) is 0 Å². The molecule has 0 radical (unpaired) electrons. The first-order chi connectivity index (χ1) is 6.61. The van der Waals surface area contributed by atoms with Gasteiger partial charge in [-0.15, -0.1) is 0 Å². The van der Waals surface area contributed by atoms with E-state index in [0.29, 0.717) is 0 Å². The summed E-state index contributed by atoms with van der Waals surface area (Å²) in [4.78, 5) is 0. The average Bonchev–Trinajstić information content (AvgIpc) is 2.67. The fourth-order valence-corrected chi connectivity index (χ4v) is 2.22. The molecule has 2 rings (SSSR count). The van der Waals surface area contributed by atoms with Crippen LogP contribution in [-0.4, -0.2) is 0 Å². The number of allylic oxidation sites excluding steroid dienone is 8. The van der Waals surface area contributed by atoms with Crippen LogP contribution in [-0.2, 0) is 49.4 Å². The predicted molar refractivity (Wildman–Crippen MR) is 54.0 cm³/mol. The Morgan fingerprint density at radius 2 is 1.27 bits per heavy atom. The van der Waals surface area contributed by atoms with Gasteiger partial charge in [-0.25, -0.2) is 0 Å². The quantitative estimate of drug-likeness (QED) is 0.582. The van der Waals surface area contributed by atoms with Gasteiger partial charge in [-0.2, -0.15) is 0 Å². The van der Waals surface area contributed by atoms with Gasteiger partial charge in [-0.05, 0) is 0 Å². The summed E-state index contributed by atoms with van der Waals surface area (Å²) >= 11 is 3.16. The third-order valence-electron chi connectivity index (χ3n) is 2.33. The van der Waals surface area contributed by atoms with Crippen LogP contribution in [0, 0.1) is 0 Å². The third-order valence-corrected chi connectivity index (χ3v) is 5.27. The summed E-state index contributed by atoms with van der Waals surface area (Å²) in [5.74, 6) is 0. The fourth-order valence-electron chi connectivity index (χ4n) is 1.23. The van der Waals surface area contributed by atoms with Crippen LogP contribution < -0.4 is 12.4 Å². The summed E-state index contributed by atoms with van der Waals surface area (Å²) in [5.41, 5.74) is 2.97. The molecule has 2 aliphatic rings. The van der Waals surface area contributed by atoms with Gasteiger partial charge >= 0.3 is 118 Å². The molecule has 0 aromatic heterocycles. The number of hydrogen-bond donors (Lipinski definition) is 0. The Morgan fingerprint density at radius 3 is 1.33 bits per heavy atom. The number of halogens is 1. The standard InChI is InChI=1S/2C6H7.ClH.2Zr.H/c2*1-6-4-2-3-5-6;;;;/h2*2,4H,3H2,1H3;1H;;;/q;;;2*+1;-1/p-1. The van der Waals surface area contributed by atoms with Gasteiger partial charge in [0.1, 0.15) is 0 Å². The molecule has 2 aliphatic carbocycles. The van der Waals surface area contributed by atoms with Crippen LogP contribution in [0.15, 0.2) is 42.0 Å². The maximum absolute atomic E-state index is 2.22. The van der Waals surface area contributed by atoms with Crippen molar-refractivity contribution in [1.29, 1.82) is 0 Å². The van der Waals surface area contributed by atoms with Gasteiger partial charge in [-0.1, -0.05) is 0 Å². The van der Waals surface area contributed by atoms with E-state index in [1.165, 1.54) is 24.0 Å². The molecular formula is C12H15ClZr2. The first-order valence-corrected chi connectivity index (χ1v) is 7.23. The van der Waals surface area contributed by atoms with Crippen LogP contribution >= 0.6 is 0 Å². The van der Waals surface area contributed by atoms with Crippen molar-refractivity contribution in [1.82, 2.24) is 0 Å². The molecule has 0 unspecified atom stereocenters. The maximum Gasteiger partial charge on any atom is -1.00 e. The Bertz CT molecular complexity index is 307. The van der Waals surface area contributed by atoms with Gasteiger partial charge in [0, 0.05) is 0 Å². The van der Waals surface area contributed by atoms with Crippen molar-refractivity contribution in [3.05, 3.63) is 42.0 Å². The minimum absolute atomic E-state index is 0. The van der Waals surface area contributed by atoms with E-state index in [-0.39, 0.29) is 13.8 Å². The van der Waals surface area contributed by atoms with E-state index in [4.69, 9.17) is 0 Å². The van der Waals surface area contributed by atoms with Gasteiger partial charge in [0.2, 0.25) is 0 Å². The van der Waals surface area contributed by atoms with Crippen LogP contribution in [0.2, 0.25) is 0 Å². The summed E-state index contributed by atoms with van der Waals surface area (Å²) in [7, 11) is 0. The van der Waals surface area contributed by atoms with Crippen molar-refractivity contribution in [2.45, 2.75) is 26.7 Å². The van der Waals surface area contributed by atoms with E-state index in [2.05, 4.69) is 38.2 Å². The Hall–Kier alpha value is 1.02. The summed E-state index contributed by atoms with van der Waals surface area (Å²) in [5, 5.41) is 0. The molecule has 0 heterocycles. The van der Waals surface area contributed by atoms with Crippen molar-refractivity contribution >= 4 is 0 Å². The Kier molecular flexibility index (Phi) is 8.71. The van der Waals surface area contributed by atoms with E-state index >= 15 is 0 Å². The molecule has 78 valence electrons. The molecule has 3 heteroatoms. The van der Waals surface area contributed by atoms with Crippen LogP contribution in [0.3, 0.4) is 0 Å². The van der Waals surface area contributed by atoms with Crippen LogP contribution in [0.25, 0.3) is 0 Å². The normalized spacial score (nSPS) is 17.6. The Morgan fingerprint density at radius 1 is 0.933 bits per heavy atom. The van der Waals surface area contributed by atoms with Crippen LogP contribution in [0.5, 0.6) is 0 Å². The molecule has 15 heavy (non-hydrogen) atoms. The second-order valence-corrected chi connectivity index (χ2v) is 6.50. The van der Waals surface area contributed by atoms with E-state index in [1.54, 1.807) is 56.0 Å². The van der Waals surface area contributed by atoms with Gasteiger partial charge in [0.15, 0.2) is 0 Å². The molecule has 0 aliphatic heterocycles. The minimum atomic E-state index is 0. The Balaban J connectivity index is 0. The monoisotopic (exact) mass is 374 g/mol. The molecular weight excluding hydrogens is 362 g/mol. The van der Waals surface area contributed by atoms with Crippen molar-refractivity contribution < 1.29 is 63.3 Å². The largest absolute Gasteiger partial charge is 1.00 e. The summed E-state index contributed by atoms with van der Waals surface area (Å²) in [6.45, 7) is 4.35. The smallest absolute Gasteiger partial charge is 1.00 e. The first-order valence-electron chi connectivity index (χ1n) is 4.77. The number of hydrogen-bond acceptors (Lipinski definition) is 0. The van der Waals surface area contributed by atoms with Crippen molar-refractivity contribution in [3.63, 3.8) is 0 Å². The molecule has 0 saturated heterocycles. The molecule has 0 bridgehead atoms. The second-order valence-electron chi connectivity index (χ2n) is 3.54. The molecule has 0 aromatic rings. The zero-order chi connectivity index (χ0) is 10.6. The van der Waals surface area contributed by atoms with Crippen LogP contribution in [0.4, 0.5) is 0 Å². The van der Waals surface area contributed by atoms with Gasteiger partial charge < -0.3 is 13.8 Å². The fraction of sp³-hybridized carbons (Fsp3) is 0.333. The summed E-state index contributed by atoms with van der Waals surface area (Å²) in [6.07, 6.45) is 11.3. The zero-order valence-electron chi connectivity index (χ0n) is 10.1. The molecule has 0 saturated carbocycles. The van der Waals surface area contributed by atoms with Crippen molar-refractivity contribution in [2.24, 2.45) is 0 Å². The van der Waals surface area contributed by atoms with E-state index in [1.807, 2.05) is 0 Å². The third kappa shape index (κ3) is 5.76. The summed E-state index contributed by atoms with van der Waals surface area (Å²) < 4.78 is 3.21.